The van der Waals surface area contributed by atoms with Crippen molar-refractivity contribution in [3.05, 3.63) is 114 Å². The average molecular weight is 500 g/mol. The number of aromatic nitrogens is 2. The first-order valence-corrected chi connectivity index (χ1v) is 12.2. The molecule has 0 radical (unpaired) electrons. The lowest BCUT2D eigenvalue weighted by molar-refractivity contribution is -0.116. The lowest BCUT2D eigenvalue weighted by Gasteiger charge is -2.28. The molecule has 2 atom stereocenters. The Kier molecular flexibility index (Phi) is 6.77. The Morgan fingerprint density at radius 2 is 1.92 bits per heavy atom. The van der Waals surface area contributed by atoms with E-state index in [9.17, 15) is 9.18 Å². The minimum absolute atomic E-state index is 0.0858. The lowest BCUT2D eigenvalue weighted by Crippen LogP contribution is -2.33. The molecule has 3 heterocycles. The molecule has 4 aromatic rings. The molecule has 0 unspecified atom stereocenters. The Labute approximate surface area is 214 Å². The molecule has 2 aromatic heterocycles. The molecule has 0 bridgehead atoms. The van der Waals surface area contributed by atoms with E-state index in [4.69, 9.17) is 12.2 Å². The van der Waals surface area contributed by atoms with E-state index in [1.165, 1.54) is 12.1 Å². The van der Waals surface area contributed by atoms with Crippen LogP contribution < -0.4 is 10.6 Å². The van der Waals surface area contributed by atoms with Crippen molar-refractivity contribution >= 4 is 28.9 Å². The van der Waals surface area contributed by atoms with Gasteiger partial charge in [0.1, 0.15) is 5.82 Å². The summed E-state index contributed by atoms with van der Waals surface area (Å²) >= 11 is 5.74. The number of amides is 1. The zero-order valence-electron chi connectivity index (χ0n) is 19.8. The summed E-state index contributed by atoms with van der Waals surface area (Å²) in [6.45, 7) is 2.41. The van der Waals surface area contributed by atoms with E-state index >= 15 is 0 Å². The van der Waals surface area contributed by atoms with Gasteiger partial charge in [0.15, 0.2) is 5.11 Å². The Bertz CT molecular complexity index is 1370. The molecule has 5 rings (SSSR count). The third-order valence-corrected chi connectivity index (χ3v) is 6.62. The maximum Gasteiger partial charge on any atom is 0.226 e. The Balaban J connectivity index is 1.44. The van der Waals surface area contributed by atoms with Crippen LogP contribution in [0.3, 0.4) is 0 Å². The molecule has 6 nitrogen and oxygen atoms in total. The summed E-state index contributed by atoms with van der Waals surface area (Å²) in [4.78, 5) is 19.4. The van der Waals surface area contributed by atoms with Crippen molar-refractivity contribution in [2.24, 2.45) is 0 Å². The number of aryl methyl sites for hydroxylation is 1. The predicted octanol–water partition coefficient (Wildman–Crippen LogP) is 5.32. The van der Waals surface area contributed by atoms with Crippen molar-refractivity contribution < 1.29 is 9.18 Å². The Morgan fingerprint density at radius 1 is 1.08 bits per heavy atom. The van der Waals surface area contributed by atoms with Gasteiger partial charge in [0, 0.05) is 42.4 Å². The largest absolute Gasteiger partial charge is 0.352 e. The average Bonchev–Trinajstić information content (AvgIpc) is 3.48. The van der Waals surface area contributed by atoms with Crippen LogP contribution in [0.2, 0.25) is 0 Å². The number of pyridine rings is 1. The molecule has 2 aromatic carbocycles. The van der Waals surface area contributed by atoms with Gasteiger partial charge in [-0.2, -0.15) is 0 Å². The molecule has 182 valence electrons. The van der Waals surface area contributed by atoms with Crippen LogP contribution in [0.4, 0.5) is 10.1 Å². The number of benzene rings is 2. The van der Waals surface area contributed by atoms with Gasteiger partial charge in [-0.1, -0.05) is 18.2 Å². The quantitative estimate of drug-likeness (QED) is 0.337. The normalized spacial score (nSPS) is 17.2. The highest BCUT2D eigenvalue weighted by atomic mass is 32.1. The van der Waals surface area contributed by atoms with Crippen LogP contribution in [0, 0.1) is 12.7 Å². The van der Waals surface area contributed by atoms with Crippen molar-refractivity contribution in [2.75, 3.05) is 11.9 Å². The zero-order valence-corrected chi connectivity index (χ0v) is 20.6. The van der Waals surface area contributed by atoms with Crippen molar-refractivity contribution in [1.82, 2.24) is 19.8 Å². The molecule has 1 aliphatic rings. The van der Waals surface area contributed by atoms with Gasteiger partial charge in [-0.25, -0.2) is 4.39 Å². The van der Waals surface area contributed by atoms with Crippen molar-refractivity contribution in [2.45, 2.75) is 25.4 Å². The van der Waals surface area contributed by atoms with Gasteiger partial charge < -0.3 is 20.1 Å². The summed E-state index contributed by atoms with van der Waals surface area (Å²) in [6, 6.07) is 23.4. The van der Waals surface area contributed by atoms with E-state index in [0.717, 1.165) is 28.3 Å². The number of rotatable bonds is 7. The van der Waals surface area contributed by atoms with Gasteiger partial charge in [0.25, 0.3) is 0 Å². The minimum Gasteiger partial charge on any atom is -0.352 e. The van der Waals surface area contributed by atoms with Crippen molar-refractivity contribution in [1.29, 1.82) is 0 Å². The smallest absolute Gasteiger partial charge is 0.226 e. The van der Waals surface area contributed by atoms with Crippen molar-refractivity contribution in [3.63, 3.8) is 0 Å². The van der Waals surface area contributed by atoms with Crippen LogP contribution in [-0.2, 0) is 4.79 Å². The number of nitrogens with zero attached hydrogens (tertiary/aromatic N) is 3. The molecule has 36 heavy (non-hydrogen) atoms. The summed E-state index contributed by atoms with van der Waals surface area (Å²) in [5, 5.41) is 6.95. The van der Waals surface area contributed by atoms with Crippen LogP contribution in [0.5, 0.6) is 0 Å². The number of carbonyl (C=O) groups excluding carboxylic acids is 1. The molecule has 1 saturated heterocycles. The van der Waals surface area contributed by atoms with Gasteiger partial charge in [0.2, 0.25) is 5.91 Å². The van der Waals surface area contributed by atoms with E-state index < -0.39 is 0 Å². The summed E-state index contributed by atoms with van der Waals surface area (Å²) in [5.41, 5.74) is 4.51. The number of nitrogens with one attached hydrogen (secondary N) is 2. The zero-order chi connectivity index (χ0) is 25.1. The van der Waals surface area contributed by atoms with Gasteiger partial charge in [-0.05, 0) is 85.4 Å². The molecule has 8 heteroatoms. The molecule has 0 spiro atoms. The third-order valence-electron chi connectivity index (χ3n) is 6.27. The van der Waals surface area contributed by atoms with Crippen LogP contribution >= 0.6 is 12.2 Å². The lowest BCUT2D eigenvalue weighted by atomic mass is 10.0. The highest BCUT2D eigenvalue weighted by Gasteiger charge is 2.41. The summed E-state index contributed by atoms with van der Waals surface area (Å²) in [7, 11) is 0. The second-order valence-electron chi connectivity index (χ2n) is 8.77. The fraction of sp³-hybridized carbons (Fsp3) is 0.179. The first kappa shape index (κ1) is 23.7. The second-order valence-corrected chi connectivity index (χ2v) is 9.15. The molecular weight excluding hydrogens is 473 g/mol. The summed E-state index contributed by atoms with van der Waals surface area (Å²) in [5.74, 6) is -0.374. The topological polar surface area (TPSA) is 62.2 Å². The van der Waals surface area contributed by atoms with Crippen molar-refractivity contribution in [3.8, 4) is 5.69 Å². The van der Waals surface area contributed by atoms with E-state index in [2.05, 4.69) is 15.6 Å². The van der Waals surface area contributed by atoms with Gasteiger partial charge in [0.05, 0.1) is 17.8 Å². The van der Waals surface area contributed by atoms with Crippen LogP contribution in [-0.4, -0.2) is 32.0 Å². The molecule has 1 aliphatic heterocycles. The number of hydrogen-bond acceptors (Lipinski definition) is 3. The van der Waals surface area contributed by atoms with Crippen LogP contribution in [0.25, 0.3) is 5.69 Å². The fourth-order valence-corrected chi connectivity index (χ4v) is 4.94. The fourth-order valence-electron chi connectivity index (χ4n) is 4.61. The van der Waals surface area contributed by atoms with E-state index in [0.29, 0.717) is 11.7 Å². The first-order valence-electron chi connectivity index (χ1n) is 11.8. The van der Waals surface area contributed by atoms with E-state index in [1.54, 1.807) is 18.3 Å². The number of thiocarbonyl (C=S) groups is 1. The summed E-state index contributed by atoms with van der Waals surface area (Å²) < 4.78 is 15.6. The van der Waals surface area contributed by atoms with Crippen LogP contribution in [0.15, 0.2) is 91.3 Å². The molecule has 1 fully saturated rings. The van der Waals surface area contributed by atoms with Gasteiger partial charge >= 0.3 is 0 Å². The number of carbonyl (C=O) groups is 1. The van der Waals surface area contributed by atoms with E-state index in [-0.39, 0.29) is 30.2 Å². The monoisotopic (exact) mass is 499 g/mol. The molecule has 0 aliphatic carbocycles. The molecule has 1 amide bonds. The molecule has 2 N–H and O–H groups in total. The second kappa shape index (κ2) is 10.3. The van der Waals surface area contributed by atoms with Gasteiger partial charge in [-0.15, -0.1) is 0 Å². The third kappa shape index (κ3) is 4.99. The van der Waals surface area contributed by atoms with E-state index in [1.807, 2.05) is 77.2 Å². The molecule has 0 saturated carbocycles. The first-order chi connectivity index (χ1) is 17.5. The highest BCUT2D eigenvalue weighted by Crippen LogP contribution is 2.39. The predicted molar refractivity (Wildman–Crippen MR) is 142 cm³/mol. The number of anilines is 1. The Hall–Kier alpha value is -4.04. The SMILES string of the molecule is Cc1cccc(NC(=O)CCN2C(=S)N[C@H](c3ccccn3)[C@H]2c2cccn2-c2ccc(F)cc2)c1. The number of halogens is 1. The minimum atomic E-state index is -0.288. The standard InChI is InChI=1S/C28H26FN5OS/c1-19-6-4-7-21(18-19)31-25(35)14-17-34-27(26(32-28(34)36)23-8-2-3-15-30-23)24-9-5-16-33(24)22-12-10-20(29)11-13-22/h2-13,15-16,18,26-27H,14,17H2,1H3,(H,31,35)(H,32,36)/t26-,27-/m1/s1. The summed E-state index contributed by atoms with van der Waals surface area (Å²) in [6.07, 6.45) is 3.97. The van der Waals surface area contributed by atoms with Gasteiger partial charge in [-0.3, -0.25) is 9.78 Å². The Morgan fingerprint density at radius 3 is 2.67 bits per heavy atom. The van der Waals surface area contributed by atoms with Crippen LogP contribution in [0.1, 0.15) is 35.5 Å². The maximum absolute atomic E-state index is 13.6. The highest BCUT2D eigenvalue weighted by molar-refractivity contribution is 7.80. The molecular formula is C28H26FN5OS. The maximum atomic E-state index is 13.6. The number of hydrogen-bond donors (Lipinski definition) is 2.